The molecule has 0 spiro atoms. The van der Waals surface area contributed by atoms with Gasteiger partial charge in [-0.25, -0.2) is 4.98 Å². The number of thiazole rings is 1. The van der Waals surface area contributed by atoms with E-state index in [4.69, 9.17) is 5.11 Å². The molecule has 0 saturated carbocycles. The van der Waals surface area contributed by atoms with Crippen molar-refractivity contribution in [1.29, 1.82) is 0 Å². The van der Waals surface area contributed by atoms with Crippen molar-refractivity contribution in [3.63, 3.8) is 0 Å². The Hall–Kier alpha value is -1.43. The van der Waals surface area contributed by atoms with E-state index in [1.54, 1.807) is 7.05 Å². The Labute approximate surface area is 104 Å². The first-order chi connectivity index (χ1) is 8.02. The minimum absolute atomic E-state index is 0.0275. The zero-order valence-electron chi connectivity index (χ0n) is 9.97. The van der Waals surface area contributed by atoms with Crippen LogP contribution in [0.2, 0.25) is 0 Å². The number of likely N-dealkylation sites (N-methyl/N-ethyl adjacent to an activating group) is 1. The van der Waals surface area contributed by atoms with Gasteiger partial charge in [-0.3, -0.25) is 9.59 Å². The van der Waals surface area contributed by atoms with E-state index in [9.17, 15) is 9.59 Å². The van der Waals surface area contributed by atoms with Gasteiger partial charge in [-0.1, -0.05) is 6.92 Å². The zero-order chi connectivity index (χ0) is 12.8. The lowest BCUT2D eigenvalue weighted by atomic mass is 10.3. The number of carbonyl (C=O) groups excluding carboxylic acids is 1. The fraction of sp³-hybridized carbons (Fsp3) is 0.545. The Bertz CT molecular complexity index is 403. The lowest BCUT2D eigenvalue weighted by Crippen LogP contribution is -2.30. The van der Waals surface area contributed by atoms with Crippen LogP contribution in [0.5, 0.6) is 0 Å². The number of amides is 1. The molecular weight excluding hydrogens is 240 g/mol. The van der Waals surface area contributed by atoms with E-state index >= 15 is 0 Å². The van der Waals surface area contributed by atoms with Crippen LogP contribution < -0.4 is 0 Å². The van der Waals surface area contributed by atoms with Gasteiger partial charge in [-0.15, -0.1) is 11.3 Å². The van der Waals surface area contributed by atoms with Crippen LogP contribution in [0.3, 0.4) is 0 Å². The quantitative estimate of drug-likeness (QED) is 0.829. The number of aliphatic carboxylic acids is 1. The lowest BCUT2D eigenvalue weighted by Gasteiger charge is -2.14. The highest BCUT2D eigenvalue weighted by molar-refractivity contribution is 7.09. The fourth-order valence-electron chi connectivity index (χ4n) is 1.24. The third-order valence-corrected chi connectivity index (χ3v) is 3.25. The van der Waals surface area contributed by atoms with Gasteiger partial charge in [0.05, 0.1) is 18.5 Å². The average molecular weight is 256 g/mol. The monoisotopic (exact) mass is 256 g/mol. The standard InChI is InChI=1S/C11H16N2O3S/c1-3-8-7-17-9(12-8)6-10(14)13(2)5-4-11(15)16/h7H,3-6H2,1-2H3,(H,15,16). The first-order valence-corrected chi connectivity index (χ1v) is 6.30. The number of rotatable bonds is 6. The number of hydrogen-bond donors (Lipinski definition) is 1. The third kappa shape index (κ3) is 4.52. The molecule has 1 aromatic rings. The normalized spacial score (nSPS) is 10.2. The summed E-state index contributed by atoms with van der Waals surface area (Å²) in [6.07, 6.45) is 1.08. The van der Waals surface area contributed by atoms with Gasteiger partial charge in [0.2, 0.25) is 5.91 Å². The number of carboxylic acids is 1. The maximum absolute atomic E-state index is 11.7. The van der Waals surface area contributed by atoms with Crippen LogP contribution in [0.25, 0.3) is 0 Å². The summed E-state index contributed by atoms with van der Waals surface area (Å²) in [5.41, 5.74) is 0.992. The largest absolute Gasteiger partial charge is 0.481 e. The van der Waals surface area contributed by atoms with Gasteiger partial charge in [0.1, 0.15) is 5.01 Å². The van der Waals surface area contributed by atoms with Gasteiger partial charge in [-0.05, 0) is 6.42 Å². The topological polar surface area (TPSA) is 70.5 Å². The van der Waals surface area contributed by atoms with Gasteiger partial charge >= 0.3 is 5.97 Å². The highest BCUT2D eigenvalue weighted by Gasteiger charge is 2.13. The van der Waals surface area contributed by atoms with Crippen molar-refractivity contribution in [1.82, 2.24) is 9.88 Å². The number of aryl methyl sites for hydroxylation is 1. The van der Waals surface area contributed by atoms with E-state index < -0.39 is 5.97 Å². The second kappa shape index (κ2) is 6.34. The Morgan fingerprint density at radius 2 is 2.24 bits per heavy atom. The molecule has 0 aliphatic rings. The van der Waals surface area contributed by atoms with Crippen molar-refractivity contribution in [2.75, 3.05) is 13.6 Å². The van der Waals surface area contributed by atoms with Gasteiger partial charge in [0.25, 0.3) is 0 Å². The molecular formula is C11H16N2O3S. The van der Waals surface area contributed by atoms with Crippen LogP contribution in [0, 0.1) is 0 Å². The van der Waals surface area contributed by atoms with Gasteiger partial charge in [0, 0.05) is 19.0 Å². The molecule has 0 radical (unpaired) electrons. The summed E-state index contributed by atoms with van der Waals surface area (Å²) in [6.45, 7) is 2.25. The summed E-state index contributed by atoms with van der Waals surface area (Å²) in [4.78, 5) is 27.8. The summed E-state index contributed by atoms with van der Waals surface area (Å²) >= 11 is 1.47. The van der Waals surface area contributed by atoms with E-state index in [1.165, 1.54) is 16.2 Å². The molecule has 0 atom stereocenters. The molecule has 0 saturated heterocycles. The highest BCUT2D eigenvalue weighted by atomic mass is 32.1. The summed E-state index contributed by atoms with van der Waals surface area (Å²) < 4.78 is 0. The molecule has 6 heteroatoms. The number of carboxylic acid groups (broad SMARTS) is 1. The number of nitrogens with zero attached hydrogens (tertiary/aromatic N) is 2. The SMILES string of the molecule is CCc1csc(CC(=O)N(C)CCC(=O)O)n1. The summed E-state index contributed by atoms with van der Waals surface area (Å²) in [5.74, 6) is -0.990. The second-order valence-corrected chi connectivity index (χ2v) is 4.66. The third-order valence-electron chi connectivity index (χ3n) is 2.35. The minimum Gasteiger partial charge on any atom is -0.481 e. The lowest BCUT2D eigenvalue weighted by molar-refractivity contribution is -0.138. The maximum Gasteiger partial charge on any atom is 0.305 e. The molecule has 0 unspecified atom stereocenters. The number of aromatic nitrogens is 1. The molecule has 0 aliphatic heterocycles. The van der Waals surface area contributed by atoms with Crippen LogP contribution in [0.15, 0.2) is 5.38 Å². The molecule has 0 bridgehead atoms. The molecule has 0 fully saturated rings. The molecule has 1 rings (SSSR count). The highest BCUT2D eigenvalue weighted by Crippen LogP contribution is 2.11. The average Bonchev–Trinajstić information content (AvgIpc) is 2.73. The Balaban J connectivity index is 2.45. The van der Waals surface area contributed by atoms with Crippen LogP contribution in [-0.2, 0) is 22.4 Å². The molecule has 0 aromatic carbocycles. The van der Waals surface area contributed by atoms with Gasteiger partial charge in [0.15, 0.2) is 0 Å². The van der Waals surface area contributed by atoms with Crippen molar-refractivity contribution in [3.05, 3.63) is 16.1 Å². The Morgan fingerprint density at radius 1 is 1.53 bits per heavy atom. The van der Waals surface area contributed by atoms with Crippen molar-refractivity contribution < 1.29 is 14.7 Å². The van der Waals surface area contributed by atoms with Gasteiger partial charge in [-0.2, -0.15) is 0 Å². The summed E-state index contributed by atoms with van der Waals surface area (Å²) in [5, 5.41) is 11.3. The molecule has 5 nitrogen and oxygen atoms in total. The Morgan fingerprint density at radius 3 is 2.76 bits per heavy atom. The smallest absolute Gasteiger partial charge is 0.305 e. The van der Waals surface area contributed by atoms with Crippen LogP contribution >= 0.6 is 11.3 Å². The molecule has 1 amide bonds. The predicted molar refractivity (Wildman–Crippen MR) is 65.1 cm³/mol. The van der Waals surface area contributed by atoms with E-state index in [2.05, 4.69) is 4.98 Å². The first kappa shape index (κ1) is 13.6. The first-order valence-electron chi connectivity index (χ1n) is 5.42. The zero-order valence-corrected chi connectivity index (χ0v) is 10.8. The maximum atomic E-state index is 11.7. The molecule has 0 aliphatic carbocycles. The summed E-state index contributed by atoms with van der Waals surface area (Å²) in [7, 11) is 1.61. The molecule has 94 valence electrons. The van der Waals surface area contributed by atoms with Crippen molar-refractivity contribution in [2.24, 2.45) is 0 Å². The van der Waals surface area contributed by atoms with Gasteiger partial charge < -0.3 is 10.0 Å². The van der Waals surface area contributed by atoms with Crippen LogP contribution in [-0.4, -0.2) is 40.5 Å². The molecule has 1 aromatic heterocycles. The van der Waals surface area contributed by atoms with Crippen molar-refractivity contribution >= 4 is 23.2 Å². The van der Waals surface area contributed by atoms with Crippen molar-refractivity contribution in [3.8, 4) is 0 Å². The number of carbonyl (C=O) groups is 2. The molecule has 17 heavy (non-hydrogen) atoms. The Kier molecular flexibility index (Phi) is 5.09. The molecule has 1 N–H and O–H groups in total. The fourth-order valence-corrected chi connectivity index (χ4v) is 2.11. The van der Waals surface area contributed by atoms with E-state index in [-0.39, 0.29) is 25.3 Å². The number of hydrogen-bond acceptors (Lipinski definition) is 4. The summed E-state index contributed by atoms with van der Waals surface area (Å²) in [6, 6.07) is 0. The minimum atomic E-state index is -0.896. The van der Waals surface area contributed by atoms with Crippen LogP contribution in [0.1, 0.15) is 24.0 Å². The van der Waals surface area contributed by atoms with E-state index in [0.717, 1.165) is 17.1 Å². The molecule has 1 heterocycles. The van der Waals surface area contributed by atoms with E-state index in [1.807, 2.05) is 12.3 Å². The van der Waals surface area contributed by atoms with Crippen molar-refractivity contribution in [2.45, 2.75) is 26.2 Å². The predicted octanol–water partition coefficient (Wildman–Crippen LogP) is 1.18. The second-order valence-electron chi connectivity index (χ2n) is 3.72. The van der Waals surface area contributed by atoms with Crippen LogP contribution in [0.4, 0.5) is 0 Å². The van der Waals surface area contributed by atoms with E-state index in [0.29, 0.717) is 0 Å².